The minimum absolute atomic E-state index is 0.183. The Morgan fingerprint density at radius 2 is 1.64 bits per heavy atom. The fraction of sp³-hybridized carbons (Fsp3) is 0.333. The first kappa shape index (κ1) is 18.5. The number of benzene rings is 2. The fourth-order valence-electron chi connectivity index (χ4n) is 4.70. The first-order valence-corrected chi connectivity index (χ1v) is 10.1. The van der Waals surface area contributed by atoms with E-state index in [1.165, 1.54) is 10.1 Å². The van der Waals surface area contributed by atoms with E-state index < -0.39 is 0 Å². The summed E-state index contributed by atoms with van der Waals surface area (Å²) in [6.45, 7) is 6.31. The van der Waals surface area contributed by atoms with E-state index in [1.807, 2.05) is 49.4 Å². The highest BCUT2D eigenvalue weighted by Gasteiger charge is 2.40. The number of fused-ring (bicyclic) bond motifs is 3. The van der Waals surface area contributed by atoms with E-state index in [4.69, 9.17) is 0 Å². The van der Waals surface area contributed by atoms with Gasteiger partial charge in [-0.3, -0.25) is 4.79 Å². The van der Waals surface area contributed by atoms with Crippen LogP contribution in [0.5, 0.6) is 0 Å². The number of H-pyrrole nitrogens is 1. The number of hydrogen-bond donors (Lipinski definition) is 1. The molecule has 1 aromatic heterocycles. The minimum Gasteiger partial charge on any atom is -0.306 e. The van der Waals surface area contributed by atoms with Crippen molar-refractivity contribution in [2.75, 3.05) is 0 Å². The third-order valence-corrected chi connectivity index (χ3v) is 6.41. The van der Waals surface area contributed by atoms with Gasteiger partial charge in [-0.2, -0.15) is 0 Å². The second-order valence-corrected chi connectivity index (χ2v) is 7.62. The molecule has 4 heteroatoms. The van der Waals surface area contributed by atoms with Crippen molar-refractivity contribution >= 4 is 0 Å². The van der Waals surface area contributed by atoms with Crippen LogP contribution in [-0.4, -0.2) is 9.55 Å². The van der Waals surface area contributed by atoms with Crippen LogP contribution in [-0.2, 0) is 18.3 Å². The number of aromatic nitrogens is 2. The summed E-state index contributed by atoms with van der Waals surface area (Å²) in [5.74, 6) is 0. The smallest absolute Gasteiger partial charge is 0.306 e. The van der Waals surface area contributed by atoms with Gasteiger partial charge in [-0.25, -0.2) is 9.36 Å². The molecule has 28 heavy (non-hydrogen) atoms. The Labute approximate surface area is 164 Å². The van der Waals surface area contributed by atoms with Crippen molar-refractivity contribution in [3.8, 4) is 16.9 Å². The zero-order valence-electron chi connectivity index (χ0n) is 16.7. The molecule has 4 nitrogen and oxygen atoms in total. The zero-order valence-corrected chi connectivity index (χ0v) is 16.7. The molecule has 144 valence electrons. The lowest BCUT2D eigenvalue weighted by atomic mass is 9.66. The van der Waals surface area contributed by atoms with E-state index in [0.29, 0.717) is 11.4 Å². The van der Waals surface area contributed by atoms with Crippen molar-refractivity contribution in [3.63, 3.8) is 0 Å². The van der Waals surface area contributed by atoms with E-state index in [-0.39, 0.29) is 16.7 Å². The maximum absolute atomic E-state index is 13.8. The molecule has 0 fully saturated rings. The van der Waals surface area contributed by atoms with Crippen molar-refractivity contribution in [2.45, 2.75) is 51.9 Å². The Hall–Kier alpha value is -2.88. The molecule has 1 heterocycles. The van der Waals surface area contributed by atoms with Gasteiger partial charge in [-0.1, -0.05) is 63.2 Å². The number of nitrogens with one attached hydrogen (secondary N) is 1. The maximum Gasteiger partial charge on any atom is 0.333 e. The second kappa shape index (κ2) is 6.93. The second-order valence-electron chi connectivity index (χ2n) is 7.62. The Morgan fingerprint density at radius 3 is 2.36 bits per heavy atom. The van der Waals surface area contributed by atoms with Crippen molar-refractivity contribution in [1.29, 1.82) is 0 Å². The Kier molecular flexibility index (Phi) is 4.58. The number of hydrogen-bond acceptors (Lipinski definition) is 2. The molecule has 1 aliphatic rings. The van der Waals surface area contributed by atoms with Gasteiger partial charge in [-0.05, 0) is 42.9 Å². The quantitative estimate of drug-likeness (QED) is 0.737. The SMILES string of the molecule is CCc1ccccc1-n1c(=O)[nH]c2c(c1=O)C(CC)(CC)Cc1ccccc1-2. The Bertz CT molecular complexity index is 1150. The van der Waals surface area contributed by atoms with Gasteiger partial charge in [-0.15, -0.1) is 0 Å². The summed E-state index contributed by atoms with van der Waals surface area (Å²) in [4.78, 5) is 29.9. The molecule has 0 bridgehead atoms. The van der Waals surface area contributed by atoms with Crippen LogP contribution in [0.3, 0.4) is 0 Å². The molecule has 0 atom stereocenters. The van der Waals surface area contributed by atoms with Crippen LogP contribution < -0.4 is 11.2 Å². The molecule has 0 saturated heterocycles. The van der Waals surface area contributed by atoms with Gasteiger partial charge in [0.2, 0.25) is 0 Å². The number of nitrogens with zero attached hydrogens (tertiary/aromatic N) is 1. The Balaban J connectivity index is 2.12. The average Bonchev–Trinajstić information content (AvgIpc) is 2.73. The van der Waals surface area contributed by atoms with Crippen molar-refractivity contribution in [3.05, 3.63) is 86.1 Å². The fourth-order valence-corrected chi connectivity index (χ4v) is 4.70. The molecule has 0 spiro atoms. The van der Waals surface area contributed by atoms with Gasteiger partial charge in [0, 0.05) is 16.5 Å². The lowest BCUT2D eigenvalue weighted by molar-refractivity contribution is 0.381. The summed E-state index contributed by atoms with van der Waals surface area (Å²) in [5.41, 5.74) is 4.46. The highest BCUT2D eigenvalue weighted by Crippen LogP contribution is 2.44. The van der Waals surface area contributed by atoms with Crippen LogP contribution in [0.2, 0.25) is 0 Å². The van der Waals surface area contributed by atoms with E-state index in [1.54, 1.807) is 0 Å². The van der Waals surface area contributed by atoms with E-state index >= 15 is 0 Å². The van der Waals surface area contributed by atoms with Gasteiger partial charge >= 0.3 is 5.69 Å². The van der Waals surface area contributed by atoms with E-state index in [9.17, 15) is 9.59 Å². The van der Waals surface area contributed by atoms with Crippen LogP contribution in [0.15, 0.2) is 58.1 Å². The van der Waals surface area contributed by atoms with Crippen LogP contribution in [0.25, 0.3) is 16.9 Å². The molecule has 3 aromatic rings. The highest BCUT2D eigenvalue weighted by atomic mass is 16.2. The molecule has 0 unspecified atom stereocenters. The summed E-state index contributed by atoms with van der Waals surface area (Å²) in [6.07, 6.45) is 3.28. The maximum atomic E-state index is 13.8. The summed E-state index contributed by atoms with van der Waals surface area (Å²) in [7, 11) is 0. The standard InChI is InChI=1S/C24H26N2O2/c1-4-16-11-8-10-14-19(16)26-22(27)20-21(25-23(26)28)18-13-9-7-12-17(18)15-24(20,5-2)6-3/h7-14H,4-6,15H2,1-3H3,(H,25,28). The van der Waals surface area contributed by atoms with Crippen LogP contribution in [0.4, 0.5) is 0 Å². The number of para-hydroxylation sites is 1. The third kappa shape index (κ3) is 2.59. The summed E-state index contributed by atoms with van der Waals surface area (Å²) < 4.78 is 1.34. The first-order chi connectivity index (χ1) is 13.6. The van der Waals surface area contributed by atoms with Crippen LogP contribution in [0, 0.1) is 0 Å². The van der Waals surface area contributed by atoms with Crippen molar-refractivity contribution < 1.29 is 0 Å². The van der Waals surface area contributed by atoms with Gasteiger partial charge < -0.3 is 4.98 Å². The third-order valence-electron chi connectivity index (χ3n) is 6.41. The predicted molar refractivity (Wildman–Crippen MR) is 113 cm³/mol. The highest BCUT2D eigenvalue weighted by molar-refractivity contribution is 5.71. The first-order valence-electron chi connectivity index (χ1n) is 10.1. The predicted octanol–water partition coefficient (Wildman–Crippen LogP) is 4.37. The van der Waals surface area contributed by atoms with Crippen molar-refractivity contribution in [1.82, 2.24) is 9.55 Å². The van der Waals surface area contributed by atoms with E-state index in [0.717, 1.165) is 42.4 Å². The van der Waals surface area contributed by atoms with Gasteiger partial charge in [0.1, 0.15) is 0 Å². The molecule has 0 aliphatic heterocycles. The monoisotopic (exact) mass is 374 g/mol. The number of rotatable bonds is 4. The van der Waals surface area contributed by atoms with Gasteiger partial charge in [0.25, 0.3) is 5.56 Å². The van der Waals surface area contributed by atoms with Gasteiger partial charge in [0.05, 0.1) is 11.4 Å². The molecular weight excluding hydrogens is 348 g/mol. The molecule has 1 aliphatic carbocycles. The lowest BCUT2D eigenvalue weighted by Crippen LogP contribution is -2.45. The van der Waals surface area contributed by atoms with Crippen molar-refractivity contribution in [2.24, 2.45) is 0 Å². The molecule has 4 rings (SSSR count). The normalized spacial score (nSPS) is 14.4. The Morgan fingerprint density at radius 1 is 0.964 bits per heavy atom. The molecule has 0 amide bonds. The summed E-state index contributed by atoms with van der Waals surface area (Å²) in [6, 6.07) is 15.7. The average molecular weight is 374 g/mol. The van der Waals surface area contributed by atoms with Crippen LogP contribution >= 0.6 is 0 Å². The molecular formula is C24H26N2O2. The molecule has 0 saturated carbocycles. The van der Waals surface area contributed by atoms with Crippen LogP contribution in [0.1, 0.15) is 50.3 Å². The largest absolute Gasteiger partial charge is 0.333 e. The summed E-state index contributed by atoms with van der Waals surface area (Å²) >= 11 is 0. The zero-order chi connectivity index (χ0) is 19.9. The van der Waals surface area contributed by atoms with Gasteiger partial charge in [0.15, 0.2) is 0 Å². The minimum atomic E-state index is -0.373. The summed E-state index contributed by atoms with van der Waals surface area (Å²) in [5, 5.41) is 0. The number of aryl methyl sites for hydroxylation is 1. The molecule has 2 aromatic carbocycles. The van der Waals surface area contributed by atoms with E-state index in [2.05, 4.69) is 24.9 Å². The molecule has 0 radical (unpaired) electrons. The lowest BCUT2D eigenvalue weighted by Gasteiger charge is -2.38. The number of aromatic amines is 1. The molecule has 1 N–H and O–H groups in total. The topological polar surface area (TPSA) is 54.9 Å².